The van der Waals surface area contributed by atoms with Gasteiger partial charge >= 0.3 is 0 Å². The fraction of sp³-hybridized carbons (Fsp3) is 0.533. The van der Waals surface area contributed by atoms with Crippen molar-refractivity contribution in [3.8, 4) is 5.75 Å². The predicted molar refractivity (Wildman–Crippen MR) is 85.9 cm³/mol. The molecule has 1 fully saturated rings. The van der Waals surface area contributed by atoms with Crippen molar-refractivity contribution in [1.29, 1.82) is 0 Å². The van der Waals surface area contributed by atoms with Gasteiger partial charge in [0, 0.05) is 23.4 Å². The Morgan fingerprint density at radius 2 is 2.33 bits per heavy atom. The van der Waals surface area contributed by atoms with Crippen molar-refractivity contribution in [2.24, 2.45) is 0 Å². The topological polar surface area (TPSA) is 27.1 Å². The van der Waals surface area contributed by atoms with E-state index in [-0.39, 0.29) is 10.5 Å². The van der Waals surface area contributed by atoms with Crippen LogP contribution in [0, 0.1) is 5.82 Å². The van der Waals surface area contributed by atoms with E-state index in [1.54, 1.807) is 6.07 Å². The number of hydrogen-bond donors (Lipinski definition) is 0. The van der Waals surface area contributed by atoms with Crippen LogP contribution in [0.3, 0.4) is 0 Å². The highest BCUT2D eigenvalue weighted by atomic mass is 35.5. The smallest absolute Gasteiger partial charge is 0.167 e. The number of fused-ring (bicyclic) bond motifs is 1. The van der Waals surface area contributed by atoms with E-state index in [9.17, 15) is 4.39 Å². The molecule has 0 aliphatic carbocycles. The molecule has 1 aromatic heterocycles. The third-order valence-electron chi connectivity index (χ3n) is 4.01. The summed E-state index contributed by atoms with van der Waals surface area (Å²) in [7, 11) is 1.47. The third-order valence-corrected chi connectivity index (χ3v) is 5.78. The van der Waals surface area contributed by atoms with Gasteiger partial charge in [-0.2, -0.15) is 11.8 Å². The summed E-state index contributed by atoms with van der Waals surface area (Å²) in [4.78, 5) is 4.47. The minimum atomic E-state index is -0.391. The summed E-state index contributed by atoms with van der Waals surface area (Å²) in [5.74, 6) is 2.15. The molecule has 1 aliphatic rings. The summed E-state index contributed by atoms with van der Waals surface area (Å²) in [5.41, 5.74) is 1.52. The molecule has 114 valence electrons. The molecule has 0 amide bonds. The van der Waals surface area contributed by atoms with Gasteiger partial charge in [-0.1, -0.05) is 0 Å². The molecule has 2 aromatic rings. The second-order valence-corrected chi connectivity index (χ2v) is 7.57. The van der Waals surface area contributed by atoms with Gasteiger partial charge in [0.25, 0.3) is 0 Å². The van der Waals surface area contributed by atoms with Crippen molar-refractivity contribution >= 4 is 34.4 Å². The number of benzene rings is 1. The lowest BCUT2D eigenvalue weighted by molar-refractivity contribution is 0.387. The van der Waals surface area contributed by atoms with Crippen molar-refractivity contribution < 1.29 is 9.13 Å². The maximum Gasteiger partial charge on any atom is 0.167 e. The SMILES string of the molecule is COc1cc2c(cc1F)nc(CCl)n2CC1(C)CCCS1. The summed E-state index contributed by atoms with van der Waals surface area (Å²) in [6, 6.07) is 3.14. The monoisotopic (exact) mass is 328 g/mol. The van der Waals surface area contributed by atoms with E-state index in [1.807, 2.05) is 11.8 Å². The molecule has 1 aromatic carbocycles. The highest BCUT2D eigenvalue weighted by Crippen LogP contribution is 2.40. The van der Waals surface area contributed by atoms with E-state index in [2.05, 4.69) is 16.5 Å². The fourth-order valence-electron chi connectivity index (χ4n) is 2.91. The molecule has 0 radical (unpaired) electrons. The molecule has 1 aliphatic heterocycles. The average Bonchev–Trinajstić information content (AvgIpc) is 3.03. The Balaban J connectivity index is 2.10. The lowest BCUT2D eigenvalue weighted by Crippen LogP contribution is -2.24. The van der Waals surface area contributed by atoms with Gasteiger partial charge in [-0.05, 0) is 25.5 Å². The summed E-state index contributed by atoms with van der Waals surface area (Å²) >= 11 is 8.02. The molecule has 2 heterocycles. The average molecular weight is 329 g/mol. The first-order valence-corrected chi connectivity index (χ1v) is 8.51. The largest absolute Gasteiger partial charge is 0.494 e. The molecule has 1 atom stereocenters. The van der Waals surface area contributed by atoms with E-state index in [0.717, 1.165) is 17.9 Å². The van der Waals surface area contributed by atoms with E-state index in [1.165, 1.54) is 31.8 Å². The van der Waals surface area contributed by atoms with Crippen LogP contribution in [0.5, 0.6) is 5.75 Å². The molecule has 0 bridgehead atoms. The zero-order valence-corrected chi connectivity index (χ0v) is 13.7. The van der Waals surface area contributed by atoms with E-state index < -0.39 is 5.82 Å². The molecule has 0 N–H and O–H groups in total. The van der Waals surface area contributed by atoms with Crippen LogP contribution in [0.2, 0.25) is 0 Å². The molecular formula is C15H18ClFN2OS. The number of aromatic nitrogens is 2. The lowest BCUT2D eigenvalue weighted by Gasteiger charge is -2.24. The molecule has 3 rings (SSSR count). The highest BCUT2D eigenvalue weighted by molar-refractivity contribution is 8.00. The molecule has 1 unspecified atom stereocenters. The minimum absolute atomic E-state index is 0.191. The van der Waals surface area contributed by atoms with Crippen LogP contribution in [0.15, 0.2) is 12.1 Å². The van der Waals surface area contributed by atoms with Crippen LogP contribution in [-0.4, -0.2) is 27.2 Å². The first-order chi connectivity index (χ1) is 10.1. The number of thioether (sulfide) groups is 1. The Kier molecular flexibility index (Phi) is 4.06. The number of halogens is 2. The van der Waals surface area contributed by atoms with Gasteiger partial charge in [0.15, 0.2) is 11.6 Å². The maximum absolute atomic E-state index is 13.8. The third kappa shape index (κ3) is 2.73. The number of methoxy groups -OCH3 is 1. The maximum atomic E-state index is 13.8. The Hall–Kier alpha value is -0.940. The quantitative estimate of drug-likeness (QED) is 0.787. The van der Waals surface area contributed by atoms with E-state index in [0.29, 0.717) is 11.4 Å². The van der Waals surface area contributed by atoms with Gasteiger partial charge in [0.2, 0.25) is 0 Å². The van der Waals surface area contributed by atoms with Gasteiger partial charge in [0.1, 0.15) is 5.82 Å². The molecule has 6 heteroatoms. The van der Waals surface area contributed by atoms with Crippen LogP contribution in [-0.2, 0) is 12.4 Å². The van der Waals surface area contributed by atoms with Crippen LogP contribution >= 0.6 is 23.4 Å². The van der Waals surface area contributed by atoms with Crippen LogP contribution in [0.25, 0.3) is 11.0 Å². The standard InChI is InChI=1S/C15H18ClFN2OS/c1-15(4-3-5-21-15)9-19-12-7-13(20-2)10(17)6-11(12)18-14(19)8-16/h6-7H,3-5,8-9H2,1-2H3. The van der Waals surface area contributed by atoms with E-state index in [4.69, 9.17) is 16.3 Å². The Bertz CT molecular complexity index is 667. The lowest BCUT2D eigenvalue weighted by atomic mass is 10.1. The van der Waals surface area contributed by atoms with Gasteiger partial charge < -0.3 is 9.30 Å². The van der Waals surface area contributed by atoms with Crippen molar-refractivity contribution in [2.75, 3.05) is 12.9 Å². The summed E-state index contributed by atoms with van der Waals surface area (Å²) in [5, 5.41) is 0. The van der Waals surface area contributed by atoms with Gasteiger partial charge in [-0.3, -0.25) is 0 Å². The Morgan fingerprint density at radius 3 is 2.95 bits per heavy atom. The van der Waals surface area contributed by atoms with Gasteiger partial charge in [-0.15, -0.1) is 11.6 Å². The van der Waals surface area contributed by atoms with Crippen LogP contribution in [0.1, 0.15) is 25.6 Å². The summed E-state index contributed by atoms with van der Waals surface area (Å²) in [6.45, 7) is 3.11. The number of alkyl halides is 1. The zero-order valence-electron chi connectivity index (χ0n) is 12.2. The molecular weight excluding hydrogens is 311 g/mol. The number of hydrogen-bond acceptors (Lipinski definition) is 3. The minimum Gasteiger partial charge on any atom is -0.494 e. The highest BCUT2D eigenvalue weighted by Gasteiger charge is 2.31. The molecule has 21 heavy (non-hydrogen) atoms. The van der Waals surface area contributed by atoms with Crippen molar-refractivity contribution in [3.63, 3.8) is 0 Å². The number of imidazole rings is 1. The number of ether oxygens (including phenoxy) is 1. The van der Waals surface area contributed by atoms with E-state index >= 15 is 0 Å². The van der Waals surface area contributed by atoms with Crippen molar-refractivity contribution in [1.82, 2.24) is 9.55 Å². The molecule has 0 spiro atoms. The molecule has 0 saturated carbocycles. The van der Waals surface area contributed by atoms with Crippen molar-refractivity contribution in [2.45, 2.75) is 36.9 Å². The number of nitrogens with zero attached hydrogens (tertiary/aromatic N) is 2. The predicted octanol–water partition coefficient (Wildman–Crippen LogP) is 4.21. The van der Waals surface area contributed by atoms with Crippen LogP contribution in [0.4, 0.5) is 4.39 Å². The fourth-order valence-corrected chi connectivity index (χ4v) is 4.40. The normalized spacial score (nSPS) is 22.1. The van der Waals surface area contributed by atoms with Crippen LogP contribution < -0.4 is 4.74 Å². The Labute approximate surface area is 132 Å². The molecule has 1 saturated heterocycles. The first kappa shape index (κ1) is 15.0. The number of rotatable bonds is 4. The first-order valence-electron chi connectivity index (χ1n) is 6.99. The van der Waals surface area contributed by atoms with Gasteiger partial charge in [0.05, 0.1) is 24.0 Å². The summed E-state index contributed by atoms with van der Waals surface area (Å²) < 4.78 is 21.2. The second-order valence-electron chi connectivity index (χ2n) is 5.63. The van der Waals surface area contributed by atoms with Gasteiger partial charge in [-0.25, -0.2) is 9.37 Å². The zero-order chi connectivity index (χ0) is 15.0. The van der Waals surface area contributed by atoms with Crippen molar-refractivity contribution in [3.05, 3.63) is 23.8 Å². The summed E-state index contributed by atoms with van der Waals surface area (Å²) in [6.07, 6.45) is 2.42. The Morgan fingerprint density at radius 1 is 1.52 bits per heavy atom. The molecule has 3 nitrogen and oxygen atoms in total. The second kappa shape index (κ2) is 5.69.